The smallest absolute Gasteiger partial charge is 0.337 e. The standard InChI is InChI=1S/C14H17NO5/c1-18-12-7-9(14(17)19-2)3-6-11(12)20-8-13(16)15-10-4-5-10/h3,6-7,10H,4-5,8H2,1-2H3,(H,15,16). The van der Waals surface area contributed by atoms with Gasteiger partial charge in [-0.05, 0) is 31.0 Å². The van der Waals surface area contributed by atoms with Crippen LogP contribution in [-0.2, 0) is 9.53 Å². The Bertz CT molecular complexity index is 510. The monoisotopic (exact) mass is 279 g/mol. The molecule has 0 spiro atoms. The van der Waals surface area contributed by atoms with Gasteiger partial charge in [0.25, 0.3) is 5.91 Å². The van der Waals surface area contributed by atoms with Crippen LogP contribution in [0.5, 0.6) is 11.5 Å². The number of rotatable bonds is 6. The molecule has 0 bridgehead atoms. The minimum Gasteiger partial charge on any atom is -0.493 e. The first-order valence-electron chi connectivity index (χ1n) is 6.32. The maximum atomic E-state index is 11.5. The van der Waals surface area contributed by atoms with Crippen LogP contribution in [0.15, 0.2) is 18.2 Å². The topological polar surface area (TPSA) is 73.9 Å². The zero-order chi connectivity index (χ0) is 14.5. The van der Waals surface area contributed by atoms with E-state index in [2.05, 4.69) is 10.1 Å². The molecule has 1 aromatic carbocycles. The van der Waals surface area contributed by atoms with Crippen molar-refractivity contribution in [3.8, 4) is 11.5 Å². The Hall–Kier alpha value is -2.24. The third-order valence-electron chi connectivity index (χ3n) is 2.89. The normalized spacial score (nSPS) is 13.5. The zero-order valence-electron chi connectivity index (χ0n) is 11.5. The van der Waals surface area contributed by atoms with Gasteiger partial charge >= 0.3 is 5.97 Å². The maximum Gasteiger partial charge on any atom is 0.337 e. The molecule has 1 aliphatic rings. The highest BCUT2D eigenvalue weighted by atomic mass is 16.5. The fraction of sp³-hybridized carbons (Fsp3) is 0.429. The number of hydrogen-bond acceptors (Lipinski definition) is 5. The molecule has 0 saturated heterocycles. The molecule has 1 N–H and O–H groups in total. The molecule has 0 aliphatic heterocycles. The van der Waals surface area contributed by atoms with Crippen molar-refractivity contribution in [2.45, 2.75) is 18.9 Å². The van der Waals surface area contributed by atoms with Crippen LogP contribution in [0.25, 0.3) is 0 Å². The van der Waals surface area contributed by atoms with E-state index in [1.807, 2.05) is 0 Å². The van der Waals surface area contributed by atoms with Gasteiger partial charge < -0.3 is 19.5 Å². The van der Waals surface area contributed by atoms with Gasteiger partial charge in [0, 0.05) is 6.04 Å². The van der Waals surface area contributed by atoms with Crippen molar-refractivity contribution < 1.29 is 23.8 Å². The van der Waals surface area contributed by atoms with Gasteiger partial charge in [-0.1, -0.05) is 0 Å². The maximum absolute atomic E-state index is 11.5. The summed E-state index contributed by atoms with van der Waals surface area (Å²) in [5.41, 5.74) is 0.360. The van der Waals surface area contributed by atoms with Gasteiger partial charge in [0.05, 0.1) is 19.8 Å². The highest BCUT2D eigenvalue weighted by molar-refractivity contribution is 5.90. The third kappa shape index (κ3) is 3.63. The van der Waals surface area contributed by atoms with E-state index in [1.54, 1.807) is 12.1 Å². The van der Waals surface area contributed by atoms with E-state index >= 15 is 0 Å². The summed E-state index contributed by atoms with van der Waals surface area (Å²) in [7, 11) is 2.77. The summed E-state index contributed by atoms with van der Waals surface area (Å²) in [6.45, 7) is -0.0789. The van der Waals surface area contributed by atoms with Crippen LogP contribution in [0.3, 0.4) is 0 Å². The van der Waals surface area contributed by atoms with E-state index in [0.29, 0.717) is 23.1 Å². The minimum absolute atomic E-state index is 0.0789. The van der Waals surface area contributed by atoms with Crippen molar-refractivity contribution in [3.05, 3.63) is 23.8 Å². The highest BCUT2D eigenvalue weighted by Gasteiger charge is 2.23. The fourth-order valence-electron chi connectivity index (χ4n) is 1.67. The molecule has 1 saturated carbocycles. The summed E-state index contributed by atoms with van der Waals surface area (Å²) >= 11 is 0. The number of nitrogens with one attached hydrogen (secondary N) is 1. The van der Waals surface area contributed by atoms with Gasteiger partial charge in [0.15, 0.2) is 18.1 Å². The molecular formula is C14H17NO5. The van der Waals surface area contributed by atoms with Crippen LogP contribution >= 0.6 is 0 Å². The first-order valence-corrected chi connectivity index (χ1v) is 6.32. The summed E-state index contributed by atoms with van der Waals surface area (Å²) in [6.07, 6.45) is 2.06. The number of esters is 1. The molecule has 2 rings (SSSR count). The lowest BCUT2D eigenvalue weighted by molar-refractivity contribution is -0.123. The number of benzene rings is 1. The summed E-state index contributed by atoms with van der Waals surface area (Å²) in [5.74, 6) is 0.172. The predicted molar refractivity (Wildman–Crippen MR) is 71.0 cm³/mol. The van der Waals surface area contributed by atoms with Gasteiger partial charge in [-0.25, -0.2) is 4.79 Å². The van der Waals surface area contributed by atoms with Gasteiger partial charge in [0.1, 0.15) is 0 Å². The molecule has 0 radical (unpaired) electrons. The van der Waals surface area contributed by atoms with E-state index in [4.69, 9.17) is 9.47 Å². The molecule has 0 heterocycles. The molecule has 1 aliphatic carbocycles. The highest BCUT2D eigenvalue weighted by Crippen LogP contribution is 2.28. The van der Waals surface area contributed by atoms with Gasteiger partial charge in [-0.3, -0.25) is 4.79 Å². The minimum atomic E-state index is -0.457. The van der Waals surface area contributed by atoms with E-state index < -0.39 is 5.97 Å². The molecular weight excluding hydrogens is 262 g/mol. The molecule has 0 unspecified atom stereocenters. The van der Waals surface area contributed by atoms with Crippen molar-refractivity contribution in [1.29, 1.82) is 0 Å². The first-order chi connectivity index (χ1) is 9.63. The largest absolute Gasteiger partial charge is 0.493 e. The molecule has 1 aromatic rings. The van der Waals surface area contributed by atoms with Crippen molar-refractivity contribution >= 4 is 11.9 Å². The van der Waals surface area contributed by atoms with Crippen molar-refractivity contribution in [2.75, 3.05) is 20.8 Å². The molecule has 6 nitrogen and oxygen atoms in total. The predicted octanol–water partition coefficient (Wildman–Crippen LogP) is 1.14. The van der Waals surface area contributed by atoms with Crippen LogP contribution in [0.4, 0.5) is 0 Å². The molecule has 6 heteroatoms. The Kier molecular flexibility index (Phi) is 4.45. The lowest BCUT2D eigenvalue weighted by atomic mass is 10.2. The van der Waals surface area contributed by atoms with Gasteiger partial charge in [0.2, 0.25) is 0 Å². The van der Waals surface area contributed by atoms with Gasteiger partial charge in [-0.15, -0.1) is 0 Å². The third-order valence-corrected chi connectivity index (χ3v) is 2.89. The zero-order valence-corrected chi connectivity index (χ0v) is 11.5. The van der Waals surface area contributed by atoms with Crippen LogP contribution in [0, 0.1) is 0 Å². The van der Waals surface area contributed by atoms with E-state index in [-0.39, 0.29) is 12.5 Å². The second-order valence-electron chi connectivity index (χ2n) is 4.49. The number of methoxy groups -OCH3 is 2. The van der Waals surface area contributed by atoms with Gasteiger partial charge in [-0.2, -0.15) is 0 Å². The summed E-state index contributed by atoms with van der Waals surface area (Å²) in [6, 6.07) is 4.95. The summed E-state index contributed by atoms with van der Waals surface area (Å²) in [4.78, 5) is 22.9. The quantitative estimate of drug-likeness (QED) is 0.790. The Morgan fingerprint density at radius 2 is 2.00 bits per heavy atom. The van der Waals surface area contributed by atoms with E-state index in [1.165, 1.54) is 20.3 Å². The van der Waals surface area contributed by atoms with Crippen molar-refractivity contribution in [3.63, 3.8) is 0 Å². The average Bonchev–Trinajstić information content (AvgIpc) is 3.27. The second-order valence-corrected chi connectivity index (χ2v) is 4.49. The summed E-state index contributed by atoms with van der Waals surface area (Å²) in [5, 5.41) is 2.82. The van der Waals surface area contributed by atoms with E-state index in [9.17, 15) is 9.59 Å². The number of ether oxygens (including phenoxy) is 3. The first kappa shape index (κ1) is 14.2. The Balaban J connectivity index is 1.99. The summed E-state index contributed by atoms with van der Waals surface area (Å²) < 4.78 is 15.2. The molecule has 1 fully saturated rings. The Labute approximate surface area is 117 Å². The Morgan fingerprint density at radius 3 is 2.60 bits per heavy atom. The number of carbonyl (C=O) groups is 2. The Morgan fingerprint density at radius 1 is 1.25 bits per heavy atom. The molecule has 0 atom stereocenters. The van der Waals surface area contributed by atoms with E-state index in [0.717, 1.165) is 12.8 Å². The lowest BCUT2D eigenvalue weighted by Gasteiger charge is -2.11. The SMILES string of the molecule is COC(=O)c1ccc(OCC(=O)NC2CC2)c(OC)c1. The lowest BCUT2D eigenvalue weighted by Crippen LogP contribution is -2.30. The number of hydrogen-bond donors (Lipinski definition) is 1. The van der Waals surface area contributed by atoms with Crippen LogP contribution in [0.2, 0.25) is 0 Å². The molecule has 0 aromatic heterocycles. The molecule has 20 heavy (non-hydrogen) atoms. The van der Waals surface area contributed by atoms with Crippen LogP contribution in [0.1, 0.15) is 23.2 Å². The number of carbonyl (C=O) groups excluding carboxylic acids is 2. The van der Waals surface area contributed by atoms with Crippen molar-refractivity contribution in [1.82, 2.24) is 5.32 Å². The average molecular weight is 279 g/mol. The van der Waals surface area contributed by atoms with Crippen LogP contribution in [-0.4, -0.2) is 38.7 Å². The molecule has 1 amide bonds. The van der Waals surface area contributed by atoms with Crippen molar-refractivity contribution in [2.24, 2.45) is 0 Å². The fourth-order valence-corrected chi connectivity index (χ4v) is 1.67. The van der Waals surface area contributed by atoms with Crippen LogP contribution < -0.4 is 14.8 Å². The number of amides is 1. The second kappa shape index (κ2) is 6.27. The molecule has 108 valence electrons.